The predicted molar refractivity (Wildman–Crippen MR) is 60.2 cm³/mol. The van der Waals surface area contributed by atoms with Crippen LogP contribution >= 0.6 is 0 Å². The third-order valence-electron chi connectivity index (χ3n) is 3.09. The van der Waals surface area contributed by atoms with Gasteiger partial charge in [0.15, 0.2) is 11.6 Å². The SMILES string of the molecule is N[C@@H]1CCCC[C@@H]1Nc1ccc(F)c(F)c1. The summed E-state index contributed by atoms with van der Waals surface area (Å²) in [7, 11) is 0. The van der Waals surface area contributed by atoms with E-state index in [2.05, 4.69) is 5.32 Å². The van der Waals surface area contributed by atoms with Crippen molar-refractivity contribution < 1.29 is 8.78 Å². The molecule has 0 heterocycles. The number of nitrogens with two attached hydrogens (primary N) is 1. The molecule has 2 nitrogen and oxygen atoms in total. The third kappa shape index (κ3) is 2.50. The lowest BCUT2D eigenvalue weighted by atomic mass is 9.91. The Hall–Kier alpha value is -1.16. The number of hydrogen-bond donors (Lipinski definition) is 2. The first-order valence-electron chi connectivity index (χ1n) is 5.64. The van der Waals surface area contributed by atoms with Gasteiger partial charge in [-0.15, -0.1) is 0 Å². The number of halogens is 2. The lowest BCUT2D eigenvalue weighted by molar-refractivity contribution is 0.403. The number of hydrogen-bond acceptors (Lipinski definition) is 2. The summed E-state index contributed by atoms with van der Waals surface area (Å²) in [4.78, 5) is 0. The van der Waals surface area contributed by atoms with Gasteiger partial charge in [0.2, 0.25) is 0 Å². The van der Waals surface area contributed by atoms with Crippen LogP contribution in [0.25, 0.3) is 0 Å². The number of benzene rings is 1. The van der Waals surface area contributed by atoms with Crippen LogP contribution in [-0.2, 0) is 0 Å². The summed E-state index contributed by atoms with van der Waals surface area (Å²) in [6.07, 6.45) is 4.26. The molecule has 4 heteroatoms. The zero-order chi connectivity index (χ0) is 11.5. The fraction of sp³-hybridized carbons (Fsp3) is 0.500. The lowest BCUT2D eigenvalue weighted by Gasteiger charge is -2.30. The molecule has 3 N–H and O–H groups in total. The van der Waals surface area contributed by atoms with Crippen molar-refractivity contribution in [3.05, 3.63) is 29.8 Å². The van der Waals surface area contributed by atoms with Gasteiger partial charge in [-0.3, -0.25) is 0 Å². The molecule has 0 radical (unpaired) electrons. The number of anilines is 1. The van der Waals surface area contributed by atoms with E-state index in [0.29, 0.717) is 5.69 Å². The average Bonchev–Trinajstić information content (AvgIpc) is 2.27. The highest BCUT2D eigenvalue weighted by Crippen LogP contribution is 2.22. The smallest absolute Gasteiger partial charge is 0.160 e. The van der Waals surface area contributed by atoms with Gasteiger partial charge in [0.25, 0.3) is 0 Å². The van der Waals surface area contributed by atoms with E-state index in [1.54, 1.807) is 6.07 Å². The summed E-state index contributed by atoms with van der Waals surface area (Å²) in [5.74, 6) is -1.65. The molecule has 88 valence electrons. The second-order valence-electron chi connectivity index (χ2n) is 4.33. The van der Waals surface area contributed by atoms with Gasteiger partial charge in [-0.25, -0.2) is 8.78 Å². The predicted octanol–water partition coefficient (Wildman–Crippen LogP) is 2.65. The Balaban J connectivity index is 2.05. The molecule has 0 unspecified atom stereocenters. The molecule has 0 amide bonds. The van der Waals surface area contributed by atoms with E-state index >= 15 is 0 Å². The number of rotatable bonds is 2. The molecule has 0 spiro atoms. The first-order chi connectivity index (χ1) is 7.66. The standard InChI is InChI=1S/C12H16F2N2/c13-9-6-5-8(7-10(9)14)16-12-4-2-1-3-11(12)15/h5-7,11-12,16H,1-4,15H2/t11-,12+/m1/s1. The normalized spacial score (nSPS) is 25.4. The Labute approximate surface area is 93.8 Å². The summed E-state index contributed by atoms with van der Waals surface area (Å²) in [6.45, 7) is 0. The van der Waals surface area contributed by atoms with E-state index in [4.69, 9.17) is 5.73 Å². The van der Waals surface area contributed by atoms with Crippen LogP contribution in [0.1, 0.15) is 25.7 Å². The first-order valence-corrected chi connectivity index (χ1v) is 5.64. The molecular formula is C12H16F2N2. The van der Waals surface area contributed by atoms with Crippen LogP contribution in [0.2, 0.25) is 0 Å². The molecule has 1 aromatic rings. The van der Waals surface area contributed by atoms with E-state index in [-0.39, 0.29) is 12.1 Å². The minimum Gasteiger partial charge on any atom is -0.381 e. The van der Waals surface area contributed by atoms with E-state index in [0.717, 1.165) is 31.7 Å². The van der Waals surface area contributed by atoms with Gasteiger partial charge in [-0.2, -0.15) is 0 Å². The van der Waals surface area contributed by atoms with Crippen molar-refractivity contribution in [2.75, 3.05) is 5.32 Å². The van der Waals surface area contributed by atoms with E-state index in [9.17, 15) is 8.78 Å². The second kappa shape index (κ2) is 4.78. The highest BCUT2D eigenvalue weighted by molar-refractivity contribution is 5.44. The maximum absolute atomic E-state index is 13.0. The van der Waals surface area contributed by atoms with Gasteiger partial charge < -0.3 is 11.1 Å². The van der Waals surface area contributed by atoms with Crippen molar-refractivity contribution in [3.63, 3.8) is 0 Å². The van der Waals surface area contributed by atoms with Crippen molar-refractivity contribution in [3.8, 4) is 0 Å². The Morgan fingerprint density at radius 3 is 2.56 bits per heavy atom. The monoisotopic (exact) mass is 226 g/mol. The van der Waals surface area contributed by atoms with Crippen LogP contribution in [0, 0.1) is 11.6 Å². The molecule has 16 heavy (non-hydrogen) atoms. The fourth-order valence-electron chi connectivity index (χ4n) is 2.14. The van der Waals surface area contributed by atoms with Crippen molar-refractivity contribution in [2.45, 2.75) is 37.8 Å². The van der Waals surface area contributed by atoms with Crippen LogP contribution < -0.4 is 11.1 Å². The van der Waals surface area contributed by atoms with Gasteiger partial charge in [0.1, 0.15) is 0 Å². The Morgan fingerprint density at radius 2 is 1.88 bits per heavy atom. The summed E-state index contributed by atoms with van der Waals surface area (Å²) in [6, 6.07) is 4.11. The summed E-state index contributed by atoms with van der Waals surface area (Å²) in [5, 5.41) is 3.17. The van der Waals surface area contributed by atoms with Gasteiger partial charge in [0.05, 0.1) is 0 Å². The van der Waals surface area contributed by atoms with Gasteiger partial charge in [-0.1, -0.05) is 12.8 Å². The van der Waals surface area contributed by atoms with Gasteiger partial charge in [0, 0.05) is 23.8 Å². The number of nitrogens with one attached hydrogen (secondary N) is 1. The van der Waals surface area contributed by atoms with Crippen LogP contribution in [-0.4, -0.2) is 12.1 Å². The molecule has 0 saturated heterocycles. The molecular weight excluding hydrogens is 210 g/mol. The zero-order valence-corrected chi connectivity index (χ0v) is 9.05. The van der Waals surface area contributed by atoms with Crippen LogP contribution in [0.4, 0.5) is 14.5 Å². The third-order valence-corrected chi connectivity index (χ3v) is 3.09. The first kappa shape index (κ1) is 11.3. The van der Waals surface area contributed by atoms with Crippen LogP contribution in [0.3, 0.4) is 0 Å². The molecule has 1 fully saturated rings. The summed E-state index contributed by atoms with van der Waals surface area (Å²) in [5.41, 5.74) is 6.56. The molecule has 0 bridgehead atoms. The molecule has 0 aromatic heterocycles. The lowest BCUT2D eigenvalue weighted by Crippen LogP contribution is -2.42. The minimum atomic E-state index is -0.825. The topological polar surface area (TPSA) is 38.0 Å². The van der Waals surface area contributed by atoms with Crippen LogP contribution in [0.5, 0.6) is 0 Å². The Morgan fingerprint density at radius 1 is 1.12 bits per heavy atom. The molecule has 0 aliphatic heterocycles. The maximum Gasteiger partial charge on any atom is 0.160 e. The molecule has 1 aliphatic rings. The molecule has 1 aliphatic carbocycles. The van der Waals surface area contributed by atoms with E-state index < -0.39 is 11.6 Å². The summed E-state index contributed by atoms with van der Waals surface area (Å²) < 4.78 is 25.7. The largest absolute Gasteiger partial charge is 0.381 e. The average molecular weight is 226 g/mol. The van der Waals surface area contributed by atoms with Crippen LogP contribution in [0.15, 0.2) is 18.2 Å². The Bertz CT molecular complexity index is 368. The fourth-order valence-corrected chi connectivity index (χ4v) is 2.14. The summed E-state index contributed by atoms with van der Waals surface area (Å²) >= 11 is 0. The van der Waals surface area contributed by atoms with E-state index in [1.807, 2.05) is 0 Å². The van der Waals surface area contributed by atoms with Crippen molar-refractivity contribution >= 4 is 5.69 Å². The maximum atomic E-state index is 13.0. The van der Waals surface area contributed by atoms with E-state index in [1.165, 1.54) is 6.07 Å². The quantitative estimate of drug-likeness (QED) is 0.813. The molecule has 2 rings (SSSR count). The van der Waals surface area contributed by atoms with Gasteiger partial charge >= 0.3 is 0 Å². The van der Waals surface area contributed by atoms with Gasteiger partial charge in [-0.05, 0) is 25.0 Å². The highest BCUT2D eigenvalue weighted by atomic mass is 19.2. The minimum absolute atomic E-state index is 0.0989. The van der Waals surface area contributed by atoms with Crippen molar-refractivity contribution in [1.29, 1.82) is 0 Å². The molecule has 1 aromatic carbocycles. The zero-order valence-electron chi connectivity index (χ0n) is 9.05. The van der Waals surface area contributed by atoms with Crippen molar-refractivity contribution in [1.82, 2.24) is 0 Å². The highest BCUT2D eigenvalue weighted by Gasteiger charge is 2.21. The molecule has 1 saturated carbocycles. The second-order valence-corrected chi connectivity index (χ2v) is 4.33. The Kier molecular flexibility index (Phi) is 3.39. The van der Waals surface area contributed by atoms with Crippen molar-refractivity contribution in [2.24, 2.45) is 5.73 Å². The molecule has 2 atom stereocenters.